The summed E-state index contributed by atoms with van der Waals surface area (Å²) >= 11 is 0. The van der Waals surface area contributed by atoms with E-state index in [-0.39, 0.29) is 0 Å². The summed E-state index contributed by atoms with van der Waals surface area (Å²) in [7, 11) is 3.85. The van der Waals surface area contributed by atoms with Gasteiger partial charge in [-0.05, 0) is 12.1 Å². The van der Waals surface area contributed by atoms with Crippen molar-refractivity contribution in [3.05, 3.63) is 34.8 Å². The summed E-state index contributed by atoms with van der Waals surface area (Å²) < 4.78 is 5.01. The Bertz CT molecular complexity index is 517. The van der Waals surface area contributed by atoms with Crippen molar-refractivity contribution in [3.63, 3.8) is 0 Å². The van der Waals surface area contributed by atoms with Crippen molar-refractivity contribution in [2.45, 2.75) is 0 Å². The van der Waals surface area contributed by atoms with Gasteiger partial charge in [-0.2, -0.15) is 0 Å². The van der Waals surface area contributed by atoms with Crippen LogP contribution in [0.4, 0.5) is 5.69 Å². The van der Waals surface area contributed by atoms with Crippen LogP contribution in [0.5, 0.6) is 0 Å². The molecule has 0 amide bonds. The van der Waals surface area contributed by atoms with Gasteiger partial charge in [-0.1, -0.05) is 0 Å². The van der Waals surface area contributed by atoms with E-state index in [2.05, 4.69) is 4.98 Å². The second-order valence-corrected chi connectivity index (χ2v) is 3.23. The molecule has 0 fully saturated rings. The molecular formula is C10H10N2O2. The van der Waals surface area contributed by atoms with E-state index < -0.39 is 5.63 Å². The van der Waals surface area contributed by atoms with E-state index in [9.17, 15) is 4.79 Å². The summed E-state index contributed by atoms with van der Waals surface area (Å²) in [5.41, 5.74) is 1.76. The Morgan fingerprint density at radius 2 is 2.14 bits per heavy atom. The Hall–Kier alpha value is -1.84. The zero-order chi connectivity index (χ0) is 10.1. The molecule has 4 heteroatoms. The number of nitrogens with zero attached hydrogens (tertiary/aromatic N) is 2. The second-order valence-electron chi connectivity index (χ2n) is 3.23. The predicted molar refractivity (Wildman–Crippen MR) is 54.6 cm³/mol. The van der Waals surface area contributed by atoms with E-state index in [0.717, 1.165) is 5.69 Å². The number of aromatic nitrogens is 1. The lowest BCUT2D eigenvalue weighted by atomic mass is 10.2. The monoisotopic (exact) mass is 190 g/mol. The molecule has 14 heavy (non-hydrogen) atoms. The van der Waals surface area contributed by atoms with Crippen molar-refractivity contribution in [2.24, 2.45) is 0 Å². The van der Waals surface area contributed by atoms with E-state index >= 15 is 0 Å². The largest absolute Gasteiger partial charge is 0.420 e. The van der Waals surface area contributed by atoms with Gasteiger partial charge in [0.2, 0.25) is 0 Å². The first kappa shape index (κ1) is 8.74. The maximum absolute atomic E-state index is 10.9. The molecule has 2 rings (SSSR count). The molecule has 72 valence electrons. The highest BCUT2D eigenvalue weighted by atomic mass is 16.4. The molecular weight excluding hydrogens is 180 g/mol. The Morgan fingerprint density at radius 1 is 1.36 bits per heavy atom. The summed E-state index contributed by atoms with van der Waals surface area (Å²) in [5, 5.41) is 0. The molecule has 0 radical (unpaired) electrons. The molecule has 0 bridgehead atoms. The lowest BCUT2D eigenvalue weighted by Gasteiger charge is -2.11. The standard InChI is InChI=1S/C10H10N2O2/c1-12(2)7-3-4-8-9(5-7)14-10(13)6-11-8/h3-6H,1-2H3. The van der Waals surface area contributed by atoms with Crippen LogP contribution in [0.3, 0.4) is 0 Å². The number of benzene rings is 1. The average Bonchev–Trinajstić information content (AvgIpc) is 2.16. The van der Waals surface area contributed by atoms with Gasteiger partial charge in [-0.15, -0.1) is 0 Å². The van der Waals surface area contributed by atoms with Crippen molar-refractivity contribution in [1.82, 2.24) is 4.98 Å². The van der Waals surface area contributed by atoms with E-state index in [1.54, 1.807) is 6.07 Å². The van der Waals surface area contributed by atoms with E-state index in [1.807, 2.05) is 31.1 Å². The first-order valence-electron chi connectivity index (χ1n) is 4.24. The lowest BCUT2D eigenvalue weighted by Crippen LogP contribution is -2.08. The van der Waals surface area contributed by atoms with Gasteiger partial charge in [0.25, 0.3) is 0 Å². The van der Waals surface area contributed by atoms with Crippen LogP contribution < -0.4 is 10.5 Å². The lowest BCUT2D eigenvalue weighted by molar-refractivity contribution is 0.555. The van der Waals surface area contributed by atoms with Gasteiger partial charge < -0.3 is 9.32 Å². The Balaban J connectivity index is 2.69. The molecule has 0 aliphatic rings. The summed E-state index contributed by atoms with van der Waals surface area (Å²) in [4.78, 5) is 16.8. The molecule has 0 aliphatic heterocycles. The first-order chi connectivity index (χ1) is 6.66. The quantitative estimate of drug-likeness (QED) is 0.679. The number of hydrogen-bond donors (Lipinski definition) is 0. The molecule has 0 spiro atoms. The molecule has 1 aromatic heterocycles. The molecule has 1 aromatic carbocycles. The Morgan fingerprint density at radius 3 is 2.86 bits per heavy atom. The van der Waals surface area contributed by atoms with E-state index in [0.29, 0.717) is 11.1 Å². The van der Waals surface area contributed by atoms with Gasteiger partial charge in [0.1, 0.15) is 11.7 Å². The van der Waals surface area contributed by atoms with Crippen LogP contribution in [-0.4, -0.2) is 19.1 Å². The molecule has 2 aromatic rings. The minimum Gasteiger partial charge on any atom is -0.420 e. The number of anilines is 1. The normalized spacial score (nSPS) is 10.4. The molecule has 0 aliphatic carbocycles. The average molecular weight is 190 g/mol. The molecule has 0 saturated heterocycles. The van der Waals surface area contributed by atoms with Crippen molar-refractivity contribution < 1.29 is 4.42 Å². The zero-order valence-electron chi connectivity index (χ0n) is 8.02. The van der Waals surface area contributed by atoms with Crippen molar-refractivity contribution in [1.29, 1.82) is 0 Å². The van der Waals surface area contributed by atoms with Crippen LogP contribution in [0.1, 0.15) is 0 Å². The summed E-state index contributed by atoms with van der Waals surface area (Å²) in [6.07, 6.45) is 1.18. The first-order valence-corrected chi connectivity index (χ1v) is 4.24. The predicted octanol–water partition coefficient (Wildman–Crippen LogP) is 1.25. The number of rotatable bonds is 1. The molecule has 1 heterocycles. The minimum absolute atomic E-state index is 0.423. The fourth-order valence-corrected chi connectivity index (χ4v) is 1.23. The Labute approximate surface area is 80.8 Å². The van der Waals surface area contributed by atoms with Crippen molar-refractivity contribution in [3.8, 4) is 0 Å². The molecule has 0 saturated carbocycles. The third-order valence-corrected chi connectivity index (χ3v) is 1.98. The maximum Gasteiger partial charge on any atom is 0.354 e. The fraction of sp³-hybridized carbons (Fsp3) is 0.200. The highest BCUT2D eigenvalue weighted by molar-refractivity contribution is 5.76. The van der Waals surface area contributed by atoms with Crippen LogP contribution >= 0.6 is 0 Å². The van der Waals surface area contributed by atoms with Crippen LogP contribution in [0.25, 0.3) is 11.1 Å². The van der Waals surface area contributed by atoms with Gasteiger partial charge in [-0.3, -0.25) is 0 Å². The van der Waals surface area contributed by atoms with Crippen LogP contribution in [0, 0.1) is 0 Å². The summed E-state index contributed by atoms with van der Waals surface area (Å²) in [6.45, 7) is 0. The maximum atomic E-state index is 10.9. The molecule has 4 nitrogen and oxygen atoms in total. The highest BCUT2D eigenvalue weighted by Crippen LogP contribution is 2.17. The van der Waals surface area contributed by atoms with Gasteiger partial charge in [-0.25, -0.2) is 9.78 Å². The van der Waals surface area contributed by atoms with Gasteiger partial charge >= 0.3 is 5.63 Å². The van der Waals surface area contributed by atoms with Crippen LogP contribution in [0.2, 0.25) is 0 Å². The molecule has 0 atom stereocenters. The summed E-state index contributed by atoms with van der Waals surface area (Å²) in [5.74, 6) is 0. The molecule has 0 N–H and O–H groups in total. The Kier molecular flexibility index (Phi) is 1.96. The van der Waals surface area contributed by atoms with Gasteiger partial charge in [0.15, 0.2) is 5.58 Å². The minimum atomic E-state index is -0.423. The number of fused-ring (bicyclic) bond motifs is 1. The topological polar surface area (TPSA) is 46.3 Å². The fourth-order valence-electron chi connectivity index (χ4n) is 1.23. The van der Waals surface area contributed by atoms with Crippen molar-refractivity contribution >= 4 is 16.8 Å². The van der Waals surface area contributed by atoms with E-state index in [4.69, 9.17) is 4.42 Å². The summed E-state index contributed by atoms with van der Waals surface area (Å²) in [6, 6.07) is 5.55. The van der Waals surface area contributed by atoms with Crippen molar-refractivity contribution in [2.75, 3.05) is 19.0 Å². The smallest absolute Gasteiger partial charge is 0.354 e. The second kappa shape index (κ2) is 3.14. The highest BCUT2D eigenvalue weighted by Gasteiger charge is 2.01. The third-order valence-electron chi connectivity index (χ3n) is 1.98. The zero-order valence-corrected chi connectivity index (χ0v) is 8.02. The molecule has 0 unspecified atom stereocenters. The van der Waals surface area contributed by atoms with Crippen LogP contribution in [-0.2, 0) is 0 Å². The third kappa shape index (κ3) is 1.46. The number of hydrogen-bond acceptors (Lipinski definition) is 4. The SMILES string of the molecule is CN(C)c1ccc2ncc(=O)oc2c1. The van der Waals surface area contributed by atoms with Gasteiger partial charge in [0.05, 0.1) is 0 Å². The van der Waals surface area contributed by atoms with Gasteiger partial charge in [0, 0.05) is 25.8 Å². The van der Waals surface area contributed by atoms with Crippen LogP contribution in [0.15, 0.2) is 33.6 Å². The van der Waals surface area contributed by atoms with E-state index in [1.165, 1.54) is 6.20 Å².